The minimum atomic E-state index is -0.216. The third kappa shape index (κ3) is 2.49. The normalized spacial score (nSPS) is 17.5. The maximum absolute atomic E-state index is 11.9. The third-order valence-electron chi connectivity index (χ3n) is 2.74. The molecular formula is C12H15N3O2. The van der Waals surface area contributed by atoms with Crippen LogP contribution in [-0.4, -0.2) is 21.7 Å². The first-order chi connectivity index (χ1) is 7.87. The highest BCUT2D eigenvalue weighted by molar-refractivity contribution is 5.98. The van der Waals surface area contributed by atoms with Crippen molar-refractivity contribution in [2.75, 3.05) is 5.32 Å². The SMILES string of the molecule is CC(=O)Nc1ncc2c(n1)CC(C)(C)CC2=O. The maximum atomic E-state index is 11.9. The minimum Gasteiger partial charge on any atom is -0.295 e. The molecule has 0 bridgehead atoms. The minimum absolute atomic E-state index is 0.0747. The number of aromatic nitrogens is 2. The zero-order valence-corrected chi connectivity index (χ0v) is 10.2. The van der Waals surface area contributed by atoms with Crippen molar-refractivity contribution < 1.29 is 9.59 Å². The number of anilines is 1. The Labute approximate surface area is 99.7 Å². The van der Waals surface area contributed by atoms with E-state index in [-0.39, 0.29) is 23.1 Å². The number of carbonyl (C=O) groups excluding carboxylic acids is 2. The Kier molecular flexibility index (Phi) is 2.69. The van der Waals surface area contributed by atoms with Crippen molar-refractivity contribution in [3.8, 4) is 0 Å². The summed E-state index contributed by atoms with van der Waals surface area (Å²) in [7, 11) is 0. The molecule has 1 aliphatic carbocycles. The number of ketones is 1. The van der Waals surface area contributed by atoms with E-state index >= 15 is 0 Å². The van der Waals surface area contributed by atoms with E-state index in [4.69, 9.17) is 0 Å². The highest BCUT2D eigenvalue weighted by atomic mass is 16.1. The van der Waals surface area contributed by atoms with Gasteiger partial charge >= 0.3 is 0 Å². The van der Waals surface area contributed by atoms with Gasteiger partial charge in [0.15, 0.2) is 5.78 Å². The van der Waals surface area contributed by atoms with Crippen LogP contribution in [-0.2, 0) is 11.2 Å². The van der Waals surface area contributed by atoms with Crippen molar-refractivity contribution in [2.45, 2.75) is 33.6 Å². The number of carbonyl (C=O) groups is 2. The molecule has 1 aromatic rings. The average Bonchev–Trinajstić information content (AvgIpc) is 2.13. The molecule has 0 aromatic carbocycles. The number of amides is 1. The van der Waals surface area contributed by atoms with E-state index < -0.39 is 0 Å². The number of rotatable bonds is 1. The van der Waals surface area contributed by atoms with Crippen molar-refractivity contribution in [3.63, 3.8) is 0 Å². The third-order valence-corrected chi connectivity index (χ3v) is 2.74. The van der Waals surface area contributed by atoms with Gasteiger partial charge in [0.1, 0.15) is 0 Å². The van der Waals surface area contributed by atoms with Crippen LogP contribution in [0.1, 0.15) is 43.2 Å². The van der Waals surface area contributed by atoms with Gasteiger partial charge in [0.25, 0.3) is 0 Å². The fraction of sp³-hybridized carbons (Fsp3) is 0.500. The highest BCUT2D eigenvalue weighted by Crippen LogP contribution is 2.33. The fourth-order valence-corrected chi connectivity index (χ4v) is 2.05. The van der Waals surface area contributed by atoms with Gasteiger partial charge in [-0.2, -0.15) is 0 Å². The first kappa shape index (κ1) is 11.7. The van der Waals surface area contributed by atoms with Crippen molar-refractivity contribution in [1.29, 1.82) is 0 Å². The summed E-state index contributed by atoms with van der Waals surface area (Å²) < 4.78 is 0. The summed E-state index contributed by atoms with van der Waals surface area (Å²) in [4.78, 5) is 31.0. The number of Topliss-reactive ketones (excluding diaryl/α,β-unsaturated/α-hetero) is 1. The van der Waals surface area contributed by atoms with Crippen LogP contribution >= 0.6 is 0 Å². The number of hydrogen-bond acceptors (Lipinski definition) is 4. The van der Waals surface area contributed by atoms with Crippen LogP contribution in [0.4, 0.5) is 5.95 Å². The lowest BCUT2D eigenvalue weighted by Crippen LogP contribution is -2.28. The average molecular weight is 233 g/mol. The molecule has 1 amide bonds. The Balaban J connectivity index is 2.38. The summed E-state index contributed by atoms with van der Waals surface area (Å²) >= 11 is 0. The van der Waals surface area contributed by atoms with Crippen LogP contribution in [0, 0.1) is 5.41 Å². The van der Waals surface area contributed by atoms with Gasteiger partial charge in [-0.3, -0.25) is 14.9 Å². The number of nitrogens with one attached hydrogen (secondary N) is 1. The van der Waals surface area contributed by atoms with Gasteiger partial charge in [0, 0.05) is 19.5 Å². The largest absolute Gasteiger partial charge is 0.295 e. The summed E-state index contributed by atoms with van der Waals surface area (Å²) in [5, 5.41) is 2.52. The van der Waals surface area contributed by atoms with E-state index in [1.54, 1.807) is 0 Å². The van der Waals surface area contributed by atoms with Crippen LogP contribution in [0.15, 0.2) is 6.20 Å². The highest BCUT2D eigenvalue weighted by Gasteiger charge is 2.32. The zero-order chi connectivity index (χ0) is 12.6. The Morgan fingerprint density at radius 1 is 1.41 bits per heavy atom. The van der Waals surface area contributed by atoms with Crippen molar-refractivity contribution in [1.82, 2.24) is 9.97 Å². The van der Waals surface area contributed by atoms with Gasteiger partial charge in [0.05, 0.1) is 11.3 Å². The van der Waals surface area contributed by atoms with E-state index in [0.29, 0.717) is 12.0 Å². The molecule has 0 fully saturated rings. The molecule has 1 heterocycles. The van der Waals surface area contributed by atoms with Crippen LogP contribution in [0.3, 0.4) is 0 Å². The van der Waals surface area contributed by atoms with Gasteiger partial charge in [0.2, 0.25) is 11.9 Å². The first-order valence-electron chi connectivity index (χ1n) is 5.54. The molecule has 0 unspecified atom stereocenters. The Bertz CT molecular complexity index is 495. The van der Waals surface area contributed by atoms with E-state index in [0.717, 1.165) is 12.1 Å². The molecule has 5 heteroatoms. The Morgan fingerprint density at radius 3 is 2.76 bits per heavy atom. The molecule has 5 nitrogen and oxygen atoms in total. The molecule has 0 saturated carbocycles. The number of nitrogens with zero attached hydrogens (tertiary/aromatic N) is 2. The predicted molar refractivity (Wildman–Crippen MR) is 62.8 cm³/mol. The number of fused-ring (bicyclic) bond motifs is 1. The molecule has 1 aromatic heterocycles. The molecule has 1 N–H and O–H groups in total. The van der Waals surface area contributed by atoms with Crippen molar-refractivity contribution in [2.24, 2.45) is 5.41 Å². The van der Waals surface area contributed by atoms with Gasteiger partial charge in [-0.05, 0) is 11.8 Å². The standard InChI is InChI=1S/C12H15N3O2/c1-7(16)14-11-13-6-8-9(15-11)4-12(2,3)5-10(8)17/h6H,4-5H2,1-3H3,(H,13,14,15,16). The molecule has 0 radical (unpaired) electrons. The lowest BCUT2D eigenvalue weighted by molar-refractivity contribution is -0.114. The Morgan fingerprint density at radius 2 is 2.12 bits per heavy atom. The quantitative estimate of drug-likeness (QED) is 0.799. The van der Waals surface area contributed by atoms with Gasteiger partial charge in [-0.1, -0.05) is 13.8 Å². The van der Waals surface area contributed by atoms with Gasteiger partial charge < -0.3 is 0 Å². The van der Waals surface area contributed by atoms with E-state index in [9.17, 15) is 9.59 Å². The second-order valence-corrected chi connectivity index (χ2v) is 5.18. The van der Waals surface area contributed by atoms with E-state index in [1.165, 1.54) is 13.1 Å². The molecule has 0 spiro atoms. The molecule has 90 valence electrons. The summed E-state index contributed by atoms with van der Waals surface area (Å²) in [5.74, 6) is 0.124. The fourth-order valence-electron chi connectivity index (χ4n) is 2.05. The predicted octanol–water partition coefficient (Wildman–Crippen LogP) is 1.59. The summed E-state index contributed by atoms with van der Waals surface area (Å²) in [5.41, 5.74) is 1.23. The second-order valence-electron chi connectivity index (χ2n) is 5.18. The molecular weight excluding hydrogens is 218 g/mol. The van der Waals surface area contributed by atoms with Crippen LogP contribution in [0.5, 0.6) is 0 Å². The lowest BCUT2D eigenvalue weighted by Gasteiger charge is -2.29. The molecule has 1 aliphatic rings. The molecule has 2 rings (SSSR count). The maximum Gasteiger partial charge on any atom is 0.229 e. The molecule has 0 aliphatic heterocycles. The molecule has 17 heavy (non-hydrogen) atoms. The first-order valence-corrected chi connectivity index (χ1v) is 5.54. The molecule has 0 saturated heterocycles. The monoisotopic (exact) mass is 233 g/mol. The van der Waals surface area contributed by atoms with Gasteiger partial charge in [-0.15, -0.1) is 0 Å². The van der Waals surface area contributed by atoms with Crippen molar-refractivity contribution in [3.05, 3.63) is 17.5 Å². The second kappa shape index (κ2) is 3.91. The zero-order valence-electron chi connectivity index (χ0n) is 10.2. The van der Waals surface area contributed by atoms with Crippen LogP contribution in [0.25, 0.3) is 0 Å². The van der Waals surface area contributed by atoms with E-state index in [2.05, 4.69) is 15.3 Å². The summed E-state index contributed by atoms with van der Waals surface area (Å²) in [6.45, 7) is 5.47. The lowest BCUT2D eigenvalue weighted by atomic mass is 9.76. The van der Waals surface area contributed by atoms with Crippen molar-refractivity contribution >= 4 is 17.6 Å². The topological polar surface area (TPSA) is 72.0 Å². The Hall–Kier alpha value is -1.78. The van der Waals surface area contributed by atoms with E-state index in [1.807, 2.05) is 13.8 Å². The summed E-state index contributed by atoms with van der Waals surface area (Å²) in [6.07, 6.45) is 2.75. The van der Waals surface area contributed by atoms with Crippen LogP contribution in [0.2, 0.25) is 0 Å². The summed E-state index contributed by atoms with van der Waals surface area (Å²) in [6, 6.07) is 0. The number of hydrogen-bond donors (Lipinski definition) is 1. The van der Waals surface area contributed by atoms with Gasteiger partial charge in [-0.25, -0.2) is 9.97 Å². The van der Waals surface area contributed by atoms with Crippen LogP contribution < -0.4 is 5.32 Å². The smallest absolute Gasteiger partial charge is 0.229 e. The molecule has 0 atom stereocenters.